The number of allylic oxidation sites excluding steroid dienone is 2. The maximum absolute atomic E-state index is 12.3. The Balaban J connectivity index is 1.65. The summed E-state index contributed by atoms with van der Waals surface area (Å²) in [6.45, 7) is 6.06. The van der Waals surface area contributed by atoms with Gasteiger partial charge in [0, 0.05) is 36.0 Å². The number of rotatable bonds is 7. The van der Waals surface area contributed by atoms with Gasteiger partial charge in [-0.3, -0.25) is 4.79 Å². The van der Waals surface area contributed by atoms with Gasteiger partial charge in [0.1, 0.15) is 5.82 Å². The molecule has 0 spiro atoms. The number of carbonyl (C=O) groups is 1. The molecule has 2 aromatic rings. The maximum Gasteiger partial charge on any atom is 0.229 e. The van der Waals surface area contributed by atoms with Gasteiger partial charge >= 0.3 is 0 Å². The molecule has 0 unspecified atom stereocenters. The fraction of sp³-hybridized carbons (Fsp3) is 0.458. The zero-order valence-corrected chi connectivity index (χ0v) is 18.7. The van der Waals surface area contributed by atoms with Crippen molar-refractivity contribution in [3.63, 3.8) is 0 Å². The molecule has 1 aromatic heterocycles. The summed E-state index contributed by atoms with van der Waals surface area (Å²) in [6, 6.07) is 9.87. The van der Waals surface area contributed by atoms with Gasteiger partial charge in [-0.05, 0) is 44.4 Å². The molecule has 0 atom stereocenters. The number of benzene rings is 1. The maximum atomic E-state index is 12.3. The summed E-state index contributed by atoms with van der Waals surface area (Å²) in [5.74, 6) is 0.991. The highest BCUT2D eigenvalue weighted by Gasteiger charge is 2.37. The molecule has 1 aliphatic heterocycles. The number of aliphatic hydroxyl groups excluding tert-OH is 1. The average molecular weight is 438 g/mol. The average Bonchev–Trinajstić information content (AvgIpc) is 2.74. The van der Waals surface area contributed by atoms with Crippen molar-refractivity contribution in [3.8, 4) is 0 Å². The highest BCUT2D eigenvalue weighted by Crippen LogP contribution is 2.43. The van der Waals surface area contributed by atoms with Crippen molar-refractivity contribution >= 4 is 28.8 Å². The van der Waals surface area contributed by atoms with Crippen LogP contribution in [0.3, 0.4) is 0 Å². The highest BCUT2D eigenvalue weighted by atomic mass is 16.5. The number of carbonyl (C=O) groups excluding carboxylic acids is 1. The minimum absolute atomic E-state index is 0.0989. The quantitative estimate of drug-likeness (QED) is 0.567. The van der Waals surface area contributed by atoms with E-state index in [1.165, 1.54) is 6.92 Å². The number of ether oxygens (including phenoxy) is 1. The fourth-order valence-corrected chi connectivity index (χ4v) is 4.41. The van der Waals surface area contributed by atoms with Crippen molar-refractivity contribution < 1.29 is 14.6 Å². The number of hydrogen-bond acceptors (Lipinski definition) is 8. The van der Waals surface area contributed by atoms with E-state index in [9.17, 15) is 9.90 Å². The largest absolute Gasteiger partial charge is 0.402 e. The molecule has 170 valence electrons. The smallest absolute Gasteiger partial charge is 0.229 e. The summed E-state index contributed by atoms with van der Waals surface area (Å²) >= 11 is 0. The Bertz CT molecular complexity index is 999. The molecule has 4 rings (SSSR count). The van der Waals surface area contributed by atoms with Crippen LogP contribution in [-0.2, 0) is 14.9 Å². The molecule has 1 aromatic carbocycles. The first kappa shape index (κ1) is 22.2. The third-order valence-electron chi connectivity index (χ3n) is 6.42. The predicted molar refractivity (Wildman–Crippen MR) is 125 cm³/mol. The van der Waals surface area contributed by atoms with Gasteiger partial charge in [-0.25, -0.2) is 4.98 Å². The van der Waals surface area contributed by atoms with E-state index in [4.69, 9.17) is 15.5 Å². The zero-order valence-electron chi connectivity index (χ0n) is 18.7. The molecular formula is C24H31N5O3. The van der Waals surface area contributed by atoms with Crippen molar-refractivity contribution in [2.24, 2.45) is 5.73 Å². The lowest BCUT2D eigenvalue weighted by Crippen LogP contribution is -2.37. The molecule has 2 heterocycles. The third-order valence-corrected chi connectivity index (χ3v) is 6.42. The summed E-state index contributed by atoms with van der Waals surface area (Å²) < 4.78 is 5.46. The number of anilines is 3. The highest BCUT2D eigenvalue weighted by molar-refractivity contribution is 6.19. The van der Waals surface area contributed by atoms with Crippen molar-refractivity contribution in [1.82, 2.24) is 9.97 Å². The van der Waals surface area contributed by atoms with Gasteiger partial charge in [-0.1, -0.05) is 18.6 Å². The van der Waals surface area contributed by atoms with Gasteiger partial charge < -0.3 is 25.8 Å². The Morgan fingerprint density at radius 3 is 2.41 bits per heavy atom. The van der Waals surface area contributed by atoms with Crippen LogP contribution < -0.4 is 16.0 Å². The fourth-order valence-electron chi connectivity index (χ4n) is 4.41. The predicted octanol–water partition coefficient (Wildman–Crippen LogP) is 2.75. The topological polar surface area (TPSA) is 114 Å². The number of nitrogens with two attached hydrogens (primary N) is 1. The molecule has 0 amide bonds. The van der Waals surface area contributed by atoms with E-state index >= 15 is 0 Å². The van der Waals surface area contributed by atoms with Crippen LogP contribution in [0.2, 0.25) is 0 Å². The van der Waals surface area contributed by atoms with Gasteiger partial charge in [0.2, 0.25) is 5.95 Å². The van der Waals surface area contributed by atoms with E-state index in [0.717, 1.165) is 36.3 Å². The lowest BCUT2D eigenvalue weighted by atomic mass is 9.65. The number of aliphatic hydroxyl groups is 1. The Labute approximate surface area is 188 Å². The number of hydrogen-bond donors (Lipinski definition) is 3. The van der Waals surface area contributed by atoms with E-state index in [2.05, 4.69) is 27.3 Å². The van der Waals surface area contributed by atoms with Crippen LogP contribution in [-0.4, -0.2) is 53.8 Å². The molecule has 0 radical (unpaired) electrons. The zero-order chi connectivity index (χ0) is 22.7. The van der Waals surface area contributed by atoms with Crippen molar-refractivity contribution in [3.05, 3.63) is 47.3 Å². The second-order valence-corrected chi connectivity index (χ2v) is 8.64. The minimum Gasteiger partial charge on any atom is -0.402 e. The SMILES string of the molecule is CC(=O)C(=C(C)N)c1cc(N2CCOCC2)nc(Nc2ccc(C3(CO)CCC3)cc2)n1. The van der Waals surface area contributed by atoms with Crippen LogP contribution in [0.25, 0.3) is 5.57 Å². The van der Waals surface area contributed by atoms with Crippen molar-refractivity contribution in [1.29, 1.82) is 0 Å². The van der Waals surface area contributed by atoms with Crippen LogP contribution in [0.4, 0.5) is 17.5 Å². The molecule has 0 bridgehead atoms. The molecule has 2 aliphatic rings. The molecule has 1 aliphatic carbocycles. The molecule has 4 N–H and O–H groups in total. The normalized spacial score (nSPS) is 18.5. The first-order valence-electron chi connectivity index (χ1n) is 11.1. The summed E-state index contributed by atoms with van der Waals surface area (Å²) in [5, 5.41) is 13.1. The van der Waals surface area contributed by atoms with Crippen LogP contribution in [0, 0.1) is 0 Å². The standard InChI is InChI=1S/C24H31N5O3/c1-16(25)22(17(2)31)20-14-21(29-10-12-32-13-11-29)28-23(27-20)26-19-6-4-18(5-7-19)24(15-30)8-3-9-24/h4-7,14,30H,3,8-13,15,25H2,1-2H3,(H,26,27,28). The Hall–Kier alpha value is -2.97. The molecule has 1 saturated carbocycles. The third kappa shape index (κ3) is 4.47. The van der Waals surface area contributed by atoms with E-state index in [-0.39, 0.29) is 17.8 Å². The van der Waals surface area contributed by atoms with Crippen LogP contribution >= 0.6 is 0 Å². The second kappa shape index (κ2) is 9.26. The van der Waals surface area contributed by atoms with Crippen LogP contribution in [0.1, 0.15) is 44.4 Å². The van der Waals surface area contributed by atoms with E-state index in [0.29, 0.717) is 49.2 Å². The summed E-state index contributed by atoms with van der Waals surface area (Å²) in [4.78, 5) is 23.7. The number of ketones is 1. The number of nitrogens with zero attached hydrogens (tertiary/aromatic N) is 3. The Morgan fingerprint density at radius 1 is 1.19 bits per heavy atom. The van der Waals surface area contributed by atoms with Gasteiger partial charge in [0.05, 0.1) is 31.1 Å². The van der Waals surface area contributed by atoms with Crippen molar-refractivity contribution in [2.45, 2.75) is 38.5 Å². The number of aromatic nitrogens is 2. The van der Waals surface area contributed by atoms with Gasteiger partial charge in [-0.2, -0.15) is 4.98 Å². The van der Waals surface area contributed by atoms with E-state index in [1.807, 2.05) is 18.2 Å². The van der Waals surface area contributed by atoms with Crippen LogP contribution in [0.5, 0.6) is 0 Å². The summed E-state index contributed by atoms with van der Waals surface area (Å²) in [5.41, 5.74) is 9.23. The number of nitrogens with one attached hydrogen (secondary N) is 1. The second-order valence-electron chi connectivity index (χ2n) is 8.64. The number of morpholine rings is 1. The summed E-state index contributed by atoms with van der Waals surface area (Å²) in [7, 11) is 0. The van der Waals surface area contributed by atoms with E-state index in [1.54, 1.807) is 6.92 Å². The minimum atomic E-state index is -0.137. The van der Waals surface area contributed by atoms with Crippen molar-refractivity contribution in [2.75, 3.05) is 43.1 Å². The Kier molecular flexibility index (Phi) is 6.43. The van der Waals surface area contributed by atoms with Gasteiger partial charge in [-0.15, -0.1) is 0 Å². The lowest BCUT2D eigenvalue weighted by molar-refractivity contribution is -0.111. The van der Waals surface area contributed by atoms with E-state index < -0.39 is 0 Å². The molecular weight excluding hydrogens is 406 g/mol. The molecule has 8 heteroatoms. The van der Waals surface area contributed by atoms with Crippen LogP contribution in [0.15, 0.2) is 36.0 Å². The molecule has 2 fully saturated rings. The lowest BCUT2D eigenvalue weighted by Gasteiger charge is -2.40. The Morgan fingerprint density at radius 2 is 1.88 bits per heavy atom. The number of Topliss-reactive ketones (excluding diaryl/α,β-unsaturated/α-hetero) is 1. The molecule has 8 nitrogen and oxygen atoms in total. The molecule has 32 heavy (non-hydrogen) atoms. The first-order valence-corrected chi connectivity index (χ1v) is 11.1. The summed E-state index contributed by atoms with van der Waals surface area (Å²) in [6.07, 6.45) is 3.18. The van der Waals surface area contributed by atoms with Gasteiger partial charge in [0.25, 0.3) is 0 Å². The monoisotopic (exact) mass is 437 g/mol. The molecule has 1 saturated heterocycles. The first-order chi connectivity index (χ1) is 15.4. The van der Waals surface area contributed by atoms with Gasteiger partial charge in [0.15, 0.2) is 5.78 Å².